The number of carbonyl (C=O) groups excluding carboxylic acids is 2. The summed E-state index contributed by atoms with van der Waals surface area (Å²) in [6, 6.07) is 6.51. The van der Waals surface area contributed by atoms with Crippen LogP contribution in [0.4, 0.5) is 16.6 Å². The van der Waals surface area contributed by atoms with Crippen LogP contribution in [-0.2, 0) is 11.3 Å². The average Bonchev–Trinajstić information content (AvgIpc) is 3.48. The molecule has 0 radical (unpaired) electrons. The van der Waals surface area contributed by atoms with Gasteiger partial charge >= 0.3 is 6.09 Å². The molecule has 0 bridgehead atoms. The predicted octanol–water partition coefficient (Wildman–Crippen LogP) is 4.09. The first kappa shape index (κ1) is 24.3. The SMILES string of the molecule is Cc1ccc(CNc2ncc(C(=O)NCCCN3CCOC3=O)c(NC3CCCC3)n2)c(Br)c1. The van der Waals surface area contributed by atoms with E-state index in [0.717, 1.165) is 22.9 Å². The number of amides is 2. The highest BCUT2D eigenvalue weighted by Crippen LogP contribution is 2.24. The van der Waals surface area contributed by atoms with Gasteiger partial charge in [-0.05, 0) is 43.4 Å². The molecule has 9 nitrogen and oxygen atoms in total. The molecule has 2 fully saturated rings. The first-order chi connectivity index (χ1) is 16.5. The molecular weight excluding hydrogens is 500 g/mol. The molecule has 10 heteroatoms. The van der Waals surface area contributed by atoms with E-state index in [1.807, 2.05) is 0 Å². The van der Waals surface area contributed by atoms with Crippen LogP contribution >= 0.6 is 15.9 Å². The minimum atomic E-state index is -0.288. The molecule has 1 saturated heterocycles. The third-order valence-electron chi connectivity index (χ3n) is 6.11. The Kier molecular flexibility index (Phi) is 8.21. The molecule has 0 unspecified atom stereocenters. The van der Waals surface area contributed by atoms with Gasteiger partial charge < -0.3 is 25.6 Å². The summed E-state index contributed by atoms with van der Waals surface area (Å²) in [4.78, 5) is 35.1. The monoisotopic (exact) mass is 530 g/mol. The van der Waals surface area contributed by atoms with Crippen LogP contribution in [0.15, 0.2) is 28.9 Å². The van der Waals surface area contributed by atoms with Crippen LogP contribution < -0.4 is 16.0 Å². The standard InChI is InChI=1S/C24H31BrN6O3/c1-16-7-8-17(20(25)13-16)14-27-23-28-15-19(21(30-23)29-18-5-2-3-6-18)22(32)26-9-4-10-31-11-12-34-24(31)33/h7-8,13,15,18H,2-6,9-12,14H2,1H3,(H,26,32)(H2,27,28,29,30). The molecule has 4 rings (SSSR count). The van der Waals surface area contributed by atoms with E-state index in [2.05, 4.69) is 67.0 Å². The van der Waals surface area contributed by atoms with Gasteiger partial charge in [-0.15, -0.1) is 0 Å². The fraction of sp³-hybridized carbons (Fsp3) is 0.500. The molecule has 2 heterocycles. The summed E-state index contributed by atoms with van der Waals surface area (Å²) in [5, 5.41) is 9.65. The van der Waals surface area contributed by atoms with Crippen LogP contribution in [0.1, 0.15) is 53.6 Å². The number of rotatable bonds is 10. The highest BCUT2D eigenvalue weighted by Gasteiger charge is 2.22. The van der Waals surface area contributed by atoms with Gasteiger partial charge in [0.25, 0.3) is 5.91 Å². The molecule has 2 amide bonds. The molecule has 34 heavy (non-hydrogen) atoms. The van der Waals surface area contributed by atoms with E-state index in [0.29, 0.717) is 62.6 Å². The van der Waals surface area contributed by atoms with E-state index in [1.54, 1.807) is 11.1 Å². The molecule has 1 aromatic carbocycles. The Bertz CT molecular complexity index is 1030. The first-order valence-electron chi connectivity index (χ1n) is 11.8. The summed E-state index contributed by atoms with van der Waals surface area (Å²) in [5.74, 6) is 0.794. The molecule has 0 spiro atoms. The normalized spacial score (nSPS) is 15.9. The Morgan fingerprint density at radius 3 is 2.85 bits per heavy atom. The lowest BCUT2D eigenvalue weighted by Gasteiger charge is -2.17. The number of hydrogen-bond acceptors (Lipinski definition) is 7. The first-order valence-corrected chi connectivity index (χ1v) is 12.6. The Hall–Kier alpha value is -2.88. The van der Waals surface area contributed by atoms with Gasteiger partial charge in [0, 0.05) is 36.3 Å². The van der Waals surface area contributed by atoms with Gasteiger partial charge in [0.05, 0.1) is 6.54 Å². The third kappa shape index (κ3) is 6.37. The second-order valence-electron chi connectivity index (χ2n) is 8.74. The Balaban J connectivity index is 1.39. The average molecular weight is 531 g/mol. The van der Waals surface area contributed by atoms with Crippen molar-refractivity contribution < 1.29 is 14.3 Å². The molecule has 0 atom stereocenters. The van der Waals surface area contributed by atoms with Crippen molar-refractivity contribution in [2.24, 2.45) is 0 Å². The third-order valence-corrected chi connectivity index (χ3v) is 6.85. The number of ether oxygens (including phenoxy) is 1. The van der Waals surface area contributed by atoms with Gasteiger partial charge in [-0.1, -0.05) is 40.9 Å². The predicted molar refractivity (Wildman–Crippen MR) is 134 cm³/mol. The lowest BCUT2D eigenvalue weighted by Crippen LogP contribution is -2.31. The summed E-state index contributed by atoms with van der Waals surface area (Å²) in [6.45, 7) is 4.65. The van der Waals surface area contributed by atoms with E-state index in [-0.39, 0.29) is 12.0 Å². The minimum absolute atomic E-state index is 0.225. The van der Waals surface area contributed by atoms with Crippen molar-refractivity contribution in [3.63, 3.8) is 0 Å². The number of nitrogens with one attached hydrogen (secondary N) is 3. The highest BCUT2D eigenvalue weighted by molar-refractivity contribution is 9.10. The number of anilines is 2. The molecule has 1 aliphatic heterocycles. The number of cyclic esters (lactones) is 1. The maximum atomic E-state index is 12.9. The molecule has 2 aliphatic rings. The highest BCUT2D eigenvalue weighted by atomic mass is 79.9. The molecule has 182 valence electrons. The number of nitrogens with zero attached hydrogens (tertiary/aromatic N) is 3. The quantitative estimate of drug-likeness (QED) is 0.397. The minimum Gasteiger partial charge on any atom is -0.448 e. The van der Waals surface area contributed by atoms with Crippen LogP contribution in [0, 0.1) is 6.92 Å². The van der Waals surface area contributed by atoms with Crippen LogP contribution in [0.5, 0.6) is 0 Å². The van der Waals surface area contributed by atoms with Gasteiger partial charge in [0.2, 0.25) is 5.95 Å². The zero-order valence-electron chi connectivity index (χ0n) is 19.4. The van der Waals surface area contributed by atoms with Gasteiger partial charge in [-0.25, -0.2) is 9.78 Å². The van der Waals surface area contributed by atoms with Crippen molar-refractivity contribution in [1.29, 1.82) is 0 Å². The zero-order valence-corrected chi connectivity index (χ0v) is 21.0. The molecule has 1 aromatic heterocycles. The Morgan fingerprint density at radius 1 is 1.29 bits per heavy atom. The van der Waals surface area contributed by atoms with Crippen molar-refractivity contribution in [2.75, 3.05) is 36.9 Å². The lowest BCUT2D eigenvalue weighted by molar-refractivity contribution is 0.0952. The lowest BCUT2D eigenvalue weighted by atomic mass is 10.1. The van der Waals surface area contributed by atoms with Gasteiger partial charge in [0.1, 0.15) is 18.0 Å². The van der Waals surface area contributed by atoms with E-state index in [1.165, 1.54) is 18.4 Å². The number of carbonyl (C=O) groups is 2. The topological polar surface area (TPSA) is 108 Å². The van der Waals surface area contributed by atoms with Gasteiger partial charge in [-0.2, -0.15) is 4.98 Å². The van der Waals surface area contributed by atoms with Crippen molar-refractivity contribution >= 4 is 39.7 Å². The fourth-order valence-corrected chi connectivity index (χ4v) is 4.81. The zero-order chi connectivity index (χ0) is 23.9. The van der Waals surface area contributed by atoms with E-state index in [9.17, 15) is 9.59 Å². The molecule has 1 aliphatic carbocycles. The second-order valence-corrected chi connectivity index (χ2v) is 9.60. The van der Waals surface area contributed by atoms with Crippen LogP contribution in [-0.4, -0.2) is 59.2 Å². The van der Waals surface area contributed by atoms with Gasteiger partial charge in [-0.3, -0.25) is 4.79 Å². The van der Waals surface area contributed by atoms with Crippen molar-refractivity contribution in [3.8, 4) is 0 Å². The van der Waals surface area contributed by atoms with Crippen LogP contribution in [0.3, 0.4) is 0 Å². The summed E-state index contributed by atoms with van der Waals surface area (Å²) < 4.78 is 5.96. The van der Waals surface area contributed by atoms with Crippen molar-refractivity contribution in [2.45, 2.75) is 51.6 Å². The molecule has 3 N–H and O–H groups in total. The maximum absolute atomic E-state index is 12.9. The number of benzene rings is 1. The van der Waals surface area contributed by atoms with E-state index >= 15 is 0 Å². The number of hydrogen-bond donors (Lipinski definition) is 3. The largest absolute Gasteiger partial charge is 0.448 e. The van der Waals surface area contributed by atoms with E-state index < -0.39 is 0 Å². The summed E-state index contributed by atoms with van der Waals surface area (Å²) >= 11 is 3.60. The van der Waals surface area contributed by atoms with Crippen LogP contribution in [0.25, 0.3) is 0 Å². The second kappa shape index (κ2) is 11.5. The summed E-state index contributed by atoms with van der Waals surface area (Å²) in [5.41, 5.74) is 2.71. The van der Waals surface area contributed by atoms with Crippen molar-refractivity contribution in [3.05, 3.63) is 45.6 Å². The van der Waals surface area contributed by atoms with Gasteiger partial charge in [0.15, 0.2) is 0 Å². The summed E-state index contributed by atoms with van der Waals surface area (Å²) in [7, 11) is 0. The Labute approximate surface area is 208 Å². The number of aryl methyl sites for hydroxylation is 1. The van der Waals surface area contributed by atoms with E-state index in [4.69, 9.17) is 4.74 Å². The molecule has 2 aromatic rings. The molecular formula is C24H31BrN6O3. The summed E-state index contributed by atoms with van der Waals surface area (Å²) in [6.07, 6.45) is 6.42. The fourth-order valence-electron chi connectivity index (χ4n) is 4.17. The smallest absolute Gasteiger partial charge is 0.409 e. The van der Waals surface area contributed by atoms with Crippen molar-refractivity contribution in [1.82, 2.24) is 20.2 Å². The maximum Gasteiger partial charge on any atom is 0.409 e. The molecule has 1 saturated carbocycles. The van der Waals surface area contributed by atoms with Crippen LogP contribution in [0.2, 0.25) is 0 Å². The number of halogens is 1. The Morgan fingerprint density at radius 2 is 2.12 bits per heavy atom. The number of aromatic nitrogens is 2.